The molecular formula is C10H17NY-2. The summed E-state index contributed by atoms with van der Waals surface area (Å²) < 4.78 is 0. The maximum atomic E-state index is 4.21. The third-order valence-electron chi connectivity index (χ3n) is 3.49. The molecule has 0 N–H and O–H groups in total. The van der Waals surface area contributed by atoms with Crippen LogP contribution in [0.5, 0.6) is 0 Å². The Morgan fingerprint density at radius 3 is 2.58 bits per heavy atom. The van der Waals surface area contributed by atoms with Crippen molar-refractivity contribution < 1.29 is 32.7 Å². The third-order valence-corrected chi connectivity index (χ3v) is 3.49. The molecule has 1 nitrogen and oxygen atoms in total. The molecule has 1 saturated heterocycles. The molecule has 0 aromatic rings. The summed E-state index contributed by atoms with van der Waals surface area (Å²) in [4.78, 5) is 2.47. The van der Waals surface area contributed by atoms with Crippen molar-refractivity contribution in [1.29, 1.82) is 0 Å². The van der Waals surface area contributed by atoms with E-state index in [4.69, 9.17) is 0 Å². The van der Waals surface area contributed by atoms with Crippen molar-refractivity contribution in [3.8, 4) is 0 Å². The molecule has 2 aliphatic rings. The molecule has 4 unspecified atom stereocenters. The third kappa shape index (κ3) is 1.65. The van der Waals surface area contributed by atoms with E-state index in [0.29, 0.717) is 11.8 Å². The molecular weight excluding hydrogens is 223 g/mol. The van der Waals surface area contributed by atoms with E-state index in [-0.39, 0.29) is 32.7 Å². The van der Waals surface area contributed by atoms with Crippen LogP contribution in [0.2, 0.25) is 0 Å². The van der Waals surface area contributed by atoms with Crippen LogP contribution in [0.15, 0.2) is 0 Å². The summed E-state index contributed by atoms with van der Waals surface area (Å²) in [6.45, 7) is 9.63. The summed E-state index contributed by atoms with van der Waals surface area (Å²) in [6.07, 6.45) is 2.68. The molecule has 2 heteroatoms. The first kappa shape index (κ1) is 11.1. The molecule has 0 amide bonds. The fourth-order valence-electron chi connectivity index (χ4n) is 2.83. The summed E-state index contributed by atoms with van der Waals surface area (Å²) in [5.74, 6) is 2.09. The molecule has 0 bridgehead atoms. The minimum absolute atomic E-state index is 0. The Labute approximate surface area is 101 Å². The maximum Gasteiger partial charge on any atom is 0 e. The van der Waals surface area contributed by atoms with E-state index in [1.54, 1.807) is 0 Å². The Balaban J connectivity index is 0.000000720. The van der Waals surface area contributed by atoms with E-state index < -0.39 is 0 Å². The van der Waals surface area contributed by atoms with Crippen LogP contribution in [0.4, 0.5) is 0 Å². The standard InChI is InChI=1S/C10H17N.Y/c1-7-6-9-4-5-11(3)10(9)8(7)2;/h7-10H,1-2,4-6H2,3H3;/q-2;. The molecule has 1 heterocycles. The maximum absolute atomic E-state index is 4.21. The molecule has 4 atom stereocenters. The average molecular weight is 240 g/mol. The smallest absolute Gasteiger partial charge is 0 e. The van der Waals surface area contributed by atoms with Gasteiger partial charge < -0.3 is 18.7 Å². The van der Waals surface area contributed by atoms with Gasteiger partial charge in [0.05, 0.1) is 0 Å². The van der Waals surface area contributed by atoms with E-state index in [2.05, 4.69) is 25.8 Å². The van der Waals surface area contributed by atoms with Gasteiger partial charge in [0.2, 0.25) is 0 Å². The van der Waals surface area contributed by atoms with E-state index in [0.717, 1.165) is 12.0 Å². The number of rotatable bonds is 0. The molecule has 12 heavy (non-hydrogen) atoms. The van der Waals surface area contributed by atoms with Gasteiger partial charge in [0.1, 0.15) is 0 Å². The molecule has 2 fully saturated rings. The number of nitrogens with zero attached hydrogens (tertiary/aromatic N) is 1. The van der Waals surface area contributed by atoms with E-state index >= 15 is 0 Å². The molecule has 1 saturated carbocycles. The fourth-order valence-corrected chi connectivity index (χ4v) is 2.83. The Morgan fingerprint density at radius 2 is 2.00 bits per heavy atom. The van der Waals surface area contributed by atoms with E-state index in [1.165, 1.54) is 19.4 Å². The van der Waals surface area contributed by atoms with Crippen molar-refractivity contribution in [3.63, 3.8) is 0 Å². The van der Waals surface area contributed by atoms with Crippen molar-refractivity contribution >= 4 is 0 Å². The van der Waals surface area contributed by atoms with Crippen LogP contribution in [0.25, 0.3) is 0 Å². The Hall–Kier alpha value is 1.06. The SMILES string of the molecule is [CH2-]C1CC2CCN(C)C2C1[CH2-].[Y]. The number of hydrogen-bond donors (Lipinski definition) is 0. The predicted octanol–water partition coefficient (Wildman–Crippen LogP) is 1.61. The molecule has 2 rings (SSSR count). The minimum atomic E-state index is 0. The monoisotopic (exact) mass is 240 g/mol. The zero-order valence-corrected chi connectivity index (χ0v) is 10.7. The van der Waals surface area contributed by atoms with E-state index in [9.17, 15) is 0 Å². The largest absolute Gasteiger partial charge is 0.342 e. The van der Waals surface area contributed by atoms with Crippen molar-refractivity contribution in [3.05, 3.63) is 13.8 Å². The van der Waals surface area contributed by atoms with E-state index in [1.807, 2.05) is 0 Å². The summed E-state index contributed by atoms with van der Waals surface area (Å²) in [5, 5.41) is 0. The molecule has 0 aromatic carbocycles. The van der Waals surface area contributed by atoms with Gasteiger partial charge in [-0.25, -0.2) is 0 Å². The van der Waals surface area contributed by atoms with Crippen molar-refractivity contribution in [1.82, 2.24) is 4.90 Å². The summed E-state index contributed by atoms with van der Waals surface area (Å²) in [6, 6.07) is 0.748. The zero-order valence-electron chi connectivity index (χ0n) is 7.87. The average Bonchev–Trinajstić information content (AvgIpc) is 2.41. The molecule has 0 spiro atoms. The summed E-state index contributed by atoms with van der Waals surface area (Å²) in [5.41, 5.74) is 0. The Morgan fingerprint density at radius 1 is 1.33 bits per heavy atom. The first-order valence-electron chi connectivity index (χ1n) is 4.56. The van der Waals surface area contributed by atoms with Crippen molar-refractivity contribution in [2.75, 3.05) is 13.6 Å². The fraction of sp³-hybridized carbons (Fsp3) is 0.800. The molecule has 1 aliphatic carbocycles. The molecule has 1 aliphatic heterocycles. The van der Waals surface area contributed by atoms with Gasteiger partial charge in [-0.2, -0.15) is 11.8 Å². The van der Waals surface area contributed by atoms with Gasteiger partial charge >= 0.3 is 0 Å². The number of likely N-dealkylation sites (tertiary alicyclic amines) is 1. The van der Waals surface area contributed by atoms with Gasteiger partial charge in [0.15, 0.2) is 0 Å². The van der Waals surface area contributed by atoms with Crippen molar-refractivity contribution in [2.24, 2.45) is 17.8 Å². The van der Waals surface area contributed by atoms with Crippen LogP contribution in [0, 0.1) is 31.6 Å². The summed E-state index contributed by atoms with van der Waals surface area (Å²) in [7, 11) is 2.22. The van der Waals surface area contributed by atoms with Crippen LogP contribution >= 0.6 is 0 Å². The first-order chi connectivity index (χ1) is 5.20. The number of fused-ring (bicyclic) bond motifs is 1. The first-order valence-corrected chi connectivity index (χ1v) is 4.56. The second kappa shape index (κ2) is 4.06. The van der Waals surface area contributed by atoms with Crippen LogP contribution in [0.1, 0.15) is 12.8 Å². The second-order valence-corrected chi connectivity index (χ2v) is 4.18. The van der Waals surface area contributed by atoms with Gasteiger partial charge in [-0.05, 0) is 32.0 Å². The van der Waals surface area contributed by atoms with Gasteiger partial charge in [-0.15, -0.1) is 0 Å². The van der Waals surface area contributed by atoms with Crippen molar-refractivity contribution in [2.45, 2.75) is 18.9 Å². The minimum Gasteiger partial charge on any atom is -0.342 e. The van der Waals surface area contributed by atoms with Gasteiger partial charge in [-0.3, -0.25) is 0 Å². The van der Waals surface area contributed by atoms with Crippen LogP contribution in [-0.2, 0) is 32.7 Å². The molecule has 1 radical (unpaired) electrons. The van der Waals surface area contributed by atoms with Gasteiger partial charge in [0.25, 0.3) is 0 Å². The quantitative estimate of drug-likeness (QED) is 0.581. The summed E-state index contributed by atoms with van der Waals surface area (Å²) >= 11 is 0. The van der Waals surface area contributed by atoms with Crippen LogP contribution in [0.3, 0.4) is 0 Å². The Kier molecular flexibility index (Phi) is 3.77. The normalized spacial score (nSPS) is 47.2. The zero-order chi connectivity index (χ0) is 8.01. The van der Waals surface area contributed by atoms with Gasteiger partial charge in [0, 0.05) is 32.7 Å². The Bertz CT molecular complexity index is 158. The van der Waals surface area contributed by atoms with Crippen LogP contribution < -0.4 is 0 Å². The van der Waals surface area contributed by atoms with Crippen LogP contribution in [-0.4, -0.2) is 24.5 Å². The molecule has 67 valence electrons. The second-order valence-electron chi connectivity index (χ2n) is 4.18. The van der Waals surface area contributed by atoms with Gasteiger partial charge in [-0.1, -0.05) is 6.42 Å². The molecule has 0 aromatic heterocycles. The topological polar surface area (TPSA) is 3.24 Å². The number of hydrogen-bond acceptors (Lipinski definition) is 1. The predicted molar refractivity (Wildman–Crippen MR) is 46.8 cm³/mol.